The van der Waals surface area contributed by atoms with Crippen molar-refractivity contribution in [1.82, 2.24) is 10.3 Å². The third kappa shape index (κ3) is 2.12. The van der Waals surface area contributed by atoms with Gasteiger partial charge in [0.15, 0.2) is 0 Å². The molecule has 0 aliphatic rings. The summed E-state index contributed by atoms with van der Waals surface area (Å²) in [6.07, 6.45) is 2.31. The van der Waals surface area contributed by atoms with Crippen LogP contribution in [0.4, 0.5) is 0 Å². The van der Waals surface area contributed by atoms with Crippen molar-refractivity contribution in [2.45, 2.75) is 26.7 Å². The van der Waals surface area contributed by atoms with E-state index in [-0.39, 0.29) is 0 Å². The fourth-order valence-corrected chi connectivity index (χ4v) is 2.19. The number of rotatable bonds is 4. The average molecular weight is 216 g/mol. The second kappa shape index (κ2) is 4.71. The molecule has 16 heavy (non-hydrogen) atoms. The number of hydrogen-bond donors (Lipinski definition) is 2. The molecule has 0 fully saturated rings. The van der Waals surface area contributed by atoms with Gasteiger partial charge in [-0.05, 0) is 58.0 Å². The highest BCUT2D eigenvalue weighted by Gasteiger charge is 2.06. The van der Waals surface area contributed by atoms with Gasteiger partial charge in [-0.15, -0.1) is 0 Å². The fourth-order valence-electron chi connectivity index (χ4n) is 2.19. The molecule has 0 spiro atoms. The predicted octanol–water partition coefficient (Wildman–Crippen LogP) is 2.94. The van der Waals surface area contributed by atoms with Crippen LogP contribution in [0.25, 0.3) is 10.9 Å². The summed E-state index contributed by atoms with van der Waals surface area (Å²) in [6, 6.07) is 6.61. The number of hydrogen-bond acceptors (Lipinski definition) is 1. The molecule has 2 rings (SSSR count). The van der Waals surface area contributed by atoms with E-state index in [0.717, 1.165) is 13.0 Å². The zero-order chi connectivity index (χ0) is 11.5. The van der Waals surface area contributed by atoms with Crippen LogP contribution in [0, 0.1) is 13.8 Å². The second-order valence-electron chi connectivity index (χ2n) is 4.48. The minimum absolute atomic E-state index is 1.08. The van der Waals surface area contributed by atoms with Crippen LogP contribution in [0.5, 0.6) is 0 Å². The van der Waals surface area contributed by atoms with Gasteiger partial charge in [0.05, 0.1) is 0 Å². The summed E-state index contributed by atoms with van der Waals surface area (Å²) in [5.74, 6) is 0. The van der Waals surface area contributed by atoms with Gasteiger partial charge in [0.2, 0.25) is 0 Å². The minimum Gasteiger partial charge on any atom is -0.358 e. The van der Waals surface area contributed by atoms with E-state index in [1.165, 1.54) is 34.1 Å². The van der Waals surface area contributed by atoms with Gasteiger partial charge in [0.1, 0.15) is 0 Å². The lowest BCUT2D eigenvalue weighted by Gasteiger charge is -1.99. The van der Waals surface area contributed by atoms with Gasteiger partial charge in [-0.3, -0.25) is 0 Å². The lowest BCUT2D eigenvalue weighted by molar-refractivity contribution is 0.716. The van der Waals surface area contributed by atoms with E-state index >= 15 is 0 Å². The summed E-state index contributed by atoms with van der Waals surface area (Å²) < 4.78 is 0. The molecule has 0 unspecified atom stereocenters. The van der Waals surface area contributed by atoms with E-state index in [1.807, 2.05) is 7.05 Å². The molecule has 2 aromatic rings. The third-order valence-electron chi connectivity index (χ3n) is 3.17. The molecule has 1 aromatic carbocycles. The standard InChI is InChI=1S/C14H20N2/c1-10-6-7-14-12(9-10)11(2)13(16-14)5-4-8-15-3/h6-7,9,15-16H,4-5,8H2,1-3H3. The van der Waals surface area contributed by atoms with Gasteiger partial charge in [-0.1, -0.05) is 11.6 Å². The highest BCUT2D eigenvalue weighted by Crippen LogP contribution is 2.23. The number of H-pyrrole nitrogens is 1. The van der Waals surface area contributed by atoms with E-state index in [9.17, 15) is 0 Å². The third-order valence-corrected chi connectivity index (χ3v) is 3.17. The highest BCUT2D eigenvalue weighted by atomic mass is 14.8. The Morgan fingerprint density at radius 1 is 1.25 bits per heavy atom. The first-order chi connectivity index (χ1) is 7.72. The largest absolute Gasteiger partial charge is 0.358 e. The molecule has 1 heterocycles. The molecule has 86 valence electrons. The molecule has 2 N–H and O–H groups in total. The molecule has 0 bridgehead atoms. The van der Waals surface area contributed by atoms with E-state index < -0.39 is 0 Å². The molecule has 0 aliphatic heterocycles. The Morgan fingerprint density at radius 3 is 2.81 bits per heavy atom. The van der Waals surface area contributed by atoms with Crippen LogP contribution < -0.4 is 5.32 Å². The molecule has 1 aromatic heterocycles. The van der Waals surface area contributed by atoms with Gasteiger partial charge in [0.25, 0.3) is 0 Å². The van der Waals surface area contributed by atoms with Gasteiger partial charge < -0.3 is 10.3 Å². The van der Waals surface area contributed by atoms with Gasteiger partial charge in [-0.25, -0.2) is 0 Å². The lowest BCUT2D eigenvalue weighted by atomic mass is 10.1. The van der Waals surface area contributed by atoms with Crippen LogP contribution in [0.1, 0.15) is 23.2 Å². The van der Waals surface area contributed by atoms with E-state index in [0.29, 0.717) is 0 Å². The topological polar surface area (TPSA) is 27.8 Å². The fraction of sp³-hybridized carbons (Fsp3) is 0.429. The molecule has 2 heteroatoms. The number of aryl methyl sites for hydroxylation is 3. The molecule has 0 atom stereocenters. The number of fused-ring (bicyclic) bond motifs is 1. The zero-order valence-corrected chi connectivity index (χ0v) is 10.4. The molecule has 0 aliphatic carbocycles. The van der Waals surface area contributed by atoms with Crippen LogP contribution in [0.15, 0.2) is 18.2 Å². The van der Waals surface area contributed by atoms with Crippen molar-refractivity contribution in [3.8, 4) is 0 Å². The van der Waals surface area contributed by atoms with Crippen molar-refractivity contribution >= 4 is 10.9 Å². The van der Waals surface area contributed by atoms with Gasteiger partial charge in [0, 0.05) is 16.6 Å². The number of aromatic nitrogens is 1. The summed E-state index contributed by atoms with van der Waals surface area (Å²) in [7, 11) is 2.00. The zero-order valence-electron chi connectivity index (χ0n) is 10.4. The Morgan fingerprint density at radius 2 is 2.06 bits per heavy atom. The number of nitrogens with one attached hydrogen (secondary N) is 2. The quantitative estimate of drug-likeness (QED) is 0.756. The van der Waals surface area contributed by atoms with Crippen LogP contribution in [-0.2, 0) is 6.42 Å². The first-order valence-corrected chi connectivity index (χ1v) is 5.95. The molecule has 0 radical (unpaired) electrons. The summed E-state index contributed by atoms with van der Waals surface area (Å²) in [5.41, 5.74) is 5.39. The van der Waals surface area contributed by atoms with Crippen molar-refractivity contribution in [1.29, 1.82) is 0 Å². The Labute approximate surface area is 97.1 Å². The van der Waals surface area contributed by atoms with Crippen molar-refractivity contribution < 1.29 is 0 Å². The van der Waals surface area contributed by atoms with Crippen LogP contribution in [0.2, 0.25) is 0 Å². The van der Waals surface area contributed by atoms with Gasteiger partial charge >= 0.3 is 0 Å². The second-order valence-corrected chi connectivity index (χ2v) is 4.48. The molecule has 2 nitrogen and oxygen atoms in total. The molecule has 0 amide bonds. The van der Waals surface area contributed by atoms with Crippen molar-refractivity contribution in [3.05, 3.63) is 35.0 Å². The monoisotopic (exact) mass is 216 g/mol. The lowest BCUT2D eigenvalue weighted by Crippen LogP contribution is -2.08. The maximum absolute atomic E-state index is 3.52. The van der Waals surface area contributed by atoms with E-state index in [1.54, 1.807) is 0 Å². The van der Waals surface area contributed by atoms with Crippen molar-refractivity contribution in [3.63, 3.8) is 0 Å². The molecule has 0 saturated heterocycles. The van der Waals surface area contributed by atoms with Gasteiger partial charge in [-0.2, -0.15) is 0 Å². The minimum atomic E-state index is 1.08. The molecular formula is C14H20N2. The first-order valence-electron chi connectivity index (χ1n) is 5.95. The summed E-state index contributed by atoms with van der Waals surface area (Å²) in [5, 5.41) is 4.56. The Bertz CT molecular complexity index is 483. The Hall–Kier alpha value is -1.28. The Balaban J connectivity index is 2.29. The first kappa shape index (κ1) is 11.2. The highest BCUT2D eigenvalue weighted by molar-refractivity contribution is 5.85. The average Bonchev–Trinajstić information content (AvgIpc) is 2.57. The van der Waals surface area contributed by atoms with Crippen molar-refractivity contribution in [2.75, 3.05) is 13.6 Å². The maximum atomic E-state index is 3.52. The number of aromatic amines is 1. The predicted molar refractivity (Wildman–Crippen MR) is 70.0 cm³/mol. The molecule has 0 saturated carbocycles. The van der Waals surface area contributed by atoms with Crippen LogP contribution in [0.3, 0.4) is 0 Å². The van der Waals surface area contributed by atoms with Crippen molar-refractivity contribution in [2.24, 2.45) is 0 Å². The van der Waals surface area contributed by atoms with Crippen LogP contribution in [-0.4, -0.2) is 18.6 Å². The normalized spacial score (nSPS) is 11.2. The summed E-state index contributed by atoms with van der Waals surface area (Å²) in [4.78, 5) is 3.52. The summed E-state index contributed by atoms with van der Waals surface area (Å²) in [6.45, 7) is 5.44. The smallest absolute Gasteiger partial charge is 0.0459 e. The van der Waals surface area contributed by atoms with E-state index in [4.69, 9.17) is 0 Å². The maximum Gasteiger partial charge on any atom is 0.0459 e. The summed E-state index contributed by atoms with van der Waals surface area (Å²) >= 11 is 0. The number of benzene rings is 1. The Kier molecular flexibility index (Phi) is 3.30. The van der Waals surface area contributed by atoms with E-state index in [2.05, 4.69) is 42.3 Å². The molecular weight excluding hydrogens is 196 g/mol. The SMILES string of the molecule is CNCCCc1[nH]c2ccc(C)cc2c1C. The van der Waals surface area contributed by atoms with Crippen LogP contribution >= 0.6 is 0 Å².